The third-order valence-corrected chi connectivity index (χ3v) is 3.42. The molecule has 0 spiro atoms. The van der Waals surface area contributed by atoms with Crippen LogP contribution in [0.5, 0.6) is 0 Å². The Bertz CT molecular complexity index is 598. The molecule has 2 aromatic rings. The van der Waals surface area contributed by atoms with Crippen molar-refractivity contribution in [2.75, 3.05) is 11.4 Å². The number of hydrogen-bond acceptors (Lipinski definition) is 1. The van der Waals surface area contributed by atoms with Gasteiger partial charge in [0.1, 0.15) is 5.82 Å². The number of anilines is 1. The Balaban J connectivity index is 2.18. The Hall–Kier alpha value is -1.87. The molecule has 0 heterocycles. The van der Waals surface area contributed by atoms with Crippen LogP contribution in [-0.2, 0) is 11.2 Å². The van der Waals surface area contributed by atoms with Crippen LogP contribution in [0.1, 0.15) is 12.5 Å². The minimum atomic E-state index is -0.316. The van der Waals surface area contributed by atoms with E-state index in [9.17, 15) is 9.18 Å². The fraction of sp³-hybridized carbons (Fsp3) is 0.188. The number of hydrogen-bond donors (Lipinski definition) is 0. The highest BCUT2D eigenvalue weighted by molar-refractivity contribution is 6.31. The lowest BCUT2D eigenvalue weighted by atomic mass is 10.1. The van der Waals surface area contributed by atoms with Crippen molar-refractivity contribution >= 4 is 23.2 Å². The van der Waals surface area contributed by atoms with E-state index in [-0.39, 0.29) is 18.1 Å². The predicted octanol–water partition coefficient (Wildman–Crippen LogP) is 4.07. The highest BCUT2D eigenvalue weighted by atomic mass is 35.5. The third-order valence-electron chi connectivity index (χ3n) is 3.06. The van der Waals surface area contributed by atoms with Crippen molar-refractivity contribution in [1.29, 1.82) is 0 Å². The van der Waals surface area contributed by atoms with E-state index >= 15 is 0 Å². The molecule has 0 aliphatic carbocycles. The molecular weight excluding hydrogens is 277 g/mol. The number of halogens is 2. The van der Waals surface area contributed by atoms with Gasteiger partial charge in [-0.05, 0) is 42.8 Å². The van der Waals surface area contributed by atoms with Crippen molar-refractivity contribution in [2.45, 2.75) is 13.3 Å². The van der Waals surface area contributed by atoms with E-state index in [0.29, 0.717) is 17.3 Å². The molecule has 0 aliphatic rings. The molecule has 0 fully saturated rings. The summed E-state index contributed by atoms with van der Waals surface area (Å²) in [5, 5.41) is 0.580. The topological polar surface area (TPSA) is 20.3 Å². The van der Waals surface area contributed by atoms with Gasteiger partial charge >= 0.3 is 0 Å². The van der Waals surface area contributed by atoms with Crippen LogP contribution >= 0.6 is 11.6 Å². The highest BCUT2D eigenvalue weighted by Gasteiger charge is 2.15. The van der Waals surface area contributed by atoms with Crippen molar-refractivity contribution < 1.29 is 9.18 Å². The quantitative estimate of drug-likeness (QED) is 0.831. The lowest BCUT2D eigenvalue weighted by Gasteiger charge is -2.21. The molecule has 2 aromatic carbocycles. The van der Waals surface area contributed by atoms with E-state index in [1.807, 2.05) is 25.1 Å². The summed E-state index contributed by atoms with van der Waals surface area (Å²) in [6.45, 7) is 2.41. The molecule has 0 N–H and O–H groups in total. The van der Waals surface area contributed by atoms with Crippen LogP contribution in [-0.4, -0.2) is 12.5 Å². The minimum absolute atomic E-state index is 0.0628. The molecule has 2 rings (SSSR count). The number of amides is 1. The molecule has 0 saturated carbocycles. The van der Waals surface area contributed by atoms with Crippen molar-refractivity contribution in [2.24, 2.45) is 0 Å². The lowest BCUT2D eigenvalue weighted by molar-refractivity contribution is -0.117. The zero-order valence-corrected chi connectivity index (χ0v) is 11.9. The zero-order chi connectivity index (χ0) is 14.5. The maximum atomic E-state index is 12.9. The Morgan fingerprint density at radius 3 is 2.40 bits per heavy atom. The standard InChI is InChI=1S/C16H15ClFNO/c1-2-19(14-9-7-13(18)8-10-14)16(20)11-12-5-3-4-6-15(12)17/h3-10H,2,11H2,1H3. The van der Waals surface area contributed by atoms with Gasteiger partial charge in [0, 0.05) is 17.3 Å². The molecule has 4 heteroatoms. The molecule has 1 amide bonds. The molecule has 104 valence electrons. The molecule has 0 radical (unpaired) electrons. The second kappa shape index (κ2) is 6.53. The lowest BCUT2D eigenvalue weighted by Crippen LogP contribution is -2.32. The van der Waals surface area contributed by atoms with Gasteiger partial charge in [-0.25, -0.2) is 4.39 Å². The van der Waals surface area contributed by atoms with Crippen molar-refractivity contribution in [3.8, 4) is 0 Å². The van der Waals surface area contributed by atoms with E-state index in [4.69, 9.17) is 11.6 Å². The molecule has 0 unspecified atom stereocenters. The Labute approximate surface area is 122 Å². The average molecular weight is 292 g/mol. The number of carbonyl (C=O) groups is 1. The first kappa shape index (κ1) is 14.5. The van der Waals surface area contributed by atoms with E-state index in [1.165, 1.54) is 12.1 Å². The van der Waals surface area contributed by atoms with Crippen LogP contribution < -0.4 is 4.90 Å². The smallest absolute Gasteiger partial charge is 0.231 e. The van der Waals surface area contributed by atoms with E-state index in [1.54, 1.807) is 23.1 Å². The first-order valence-corrected chi connectivity index (χ1v) is 6.79. The second-order valence-corrected chi connectivity index (χ2v) is 4.79. The molecule has 0 saturated heterocycles. The fourth-order valence-electron chi connectivity index (χ4n) is 2.02. The van der Waals surface area contributed by atoms with Crippen LogP contribution in [0.4, 0.5) is 10.1 Å². The number of carbonyl (C=O) groups excluding carboxylic acids is 1. The van der Waals surface area contributed by atoms with E-state index < -0.39 is 0 Å². The van der Waals surface area contributed by atoms with Gasteiger partial charge in [0.2, 0.25) is 5.91 Å². The SMILES string of the molecule is CCN(C(=O)Cc1ccccc1Cl)c1ccc(F)cc1. The molecule has 0 atom stereocenters. The molecular formula is C16H15ClFNO. The van der Waals surface area contributed by atoms with Crippen LogP contribution in [0.25, 0.3) is 0 Å². The van der Waals surface area contributed by atoms with Gasteiger partial charge in [-0.3, -0.25) is 4.79 Å². The Morgan fingerprint density at radius 1 is 1.15 bits per heavy atom. The molecule has 0 aliphatic heterocycles. The molecule has 0 aromatic heterocycles. The third kappa shape index (κ3) is 3.36. The highest BCUT2D eigenvalue weighted by Crippen LogP contribution is 2.19. The maximum Gasteiger partial charge on any atom is 0.231 e. The van der Waals surface area contributed by atoms with Gasteiger partial charge in [-0.15, -0.1) is 0 Å². The zero-order valence-electron chi connectivity index (χ0n) is 11.1. The van der Waals surface area contributed by atoms with Gasteiger partial charge in [0.15, 0.2) is 0 Å². The summed E-state index contributed by atoms with van der Waals surface area (Å²) in [7, 11) is 0. The van der Waals surface area contributed by atoms with Crippen molar-refractivity contribution in [3.05, 3.63) is 64.9 Å². The van der Waals surface area contributed by atoms with E-state index in [0.717, 1.165) is 5.56 Å². The van der Waals surface area contributed by atoms with Crippen LogP contribution in [0.2, 0.25) is 5.02 Å². The minimum Gasteiger partial charge on any atom is -0.312 e. The fourth-order valence-corrected chi connectivity index (χ4v) is 2.23. The monoisotopic (exact) mass is 291 g/mol. The van der Waals surface area contributed by atoms with Crippen LogP contribution in [0.3, 0.4) is 0 Å². The van der Waals surface area contributed by atoms with Crippen LogP contribution in [0.15, 0.2) is 48.5 Å². The van der Waals surface area contributed by atoms with Gasteiger partial charge in [0.25, 0.3) is 0 Å². The number of likely N-dealkylation sites (N-methyl/N-ethyl adjacent to an activating group) is 1. The summed E-state index contributed by atoms with van der Waals surface area (Å²) in [6, 6.07) is 13.2. The summed E-state index contributed by atoms with van der Waals surface area (Å²) in [4.78, 5) is 14.0. The number of benzene rings is 2. The summed E-state index contributed by atoms with van der Waals surface area (Å²) in [5.74, 6) is -0.379. The Morgan fingerprint density at radius 2 is 1.80 bits per heavy atom. The van der Waals surface area contributed by atoms with Gasteiger partial charge in [0.05, 0.1) is 6.42 Å². The summed E-state index contributed by atoms with van der Waals surface area (Å²) in [6.07, 6.45) is 0.227. The largest absolute Gasteiger partial charge is 0.312 e. The summed E-state index contributed by atoms with van der Waals surface area (Å²) < 4.78 is 12.9. The predicted molar refractivity (Wildman–Crippen MR) is 79.6 cm³/mol. The van der Waals surface area contributed by atoms with E-state index in [2.05, 4.69) is 0 Å². The number of rotatable bonds is 4. The summed E-state index contributed by atoms with van der Waals surface area (Å²) in [5.41, 5.74) is 1.48. The van der Waals surface area contributed by atoms with Crippen LogP contribution in [0, 0.1) is 5.82 Å². The van der Waals surface area contributed by atoms with Gasteiger partial charge in [-0.1, -0.05) is 29.8 Å². The molecule has 20 heavy (non-hydrogen) atoms. The van der Waals surface area contributed by atoms with Gasteiger partial charge in [-0.2, -0.15) is 0 Å². The first-order valence-electron chi connectivity index (χ1n) is 6.41. The first-order chi connectivity index (χ1) is 9.61. The molecule has 2 nitrogen and oxygen atoms in total. The van der Waals surface area contributed by atoms with Crippen molar-refractivity contribution in [3.63, 3.8) is 0 Å². The average Bonchev–Trinajstić information content (AvgIpc) is 2.44. The van der Waals surface area contributed by atoms with Crippen molar-refractivity contribution in [1.82, 2.24) is 0 Å². The second-order valence-electron chi connectivity index (χ2n) is 4.38. The maximum absolute atomic E-state index is 12.9. The Kier molecular flexibility index (Phi) is 4.74. The normalized spacial score (nSPS) is 10.3. The summed E-state index contributed by atoms with van der Waals surface area (Å²) >= 11 is 6.06. The van der Waals surface area contributed by atoms with Gasteiger partial charge < -0.3 is 4.90 Å². The number of nitrogens with zero attached hydrogens (tertiary/aromatic N) is 1. The molecule has 0 bridgehead atoms.